The first kappa shape index (κ1) is 23.2. The molecule has 35 heavy (non-hydrogen) atoms. The van der Waals surface area contributed by atoms with Gasteiger partial charge in [0.15, 0.2) is 0 Å². The summed E-state index contributed by atoms with van der Waals surface area (Å²) in [5, 5.41) is 17.2. The summed E-state index contributed by atoms with van der Waals surface area (Å²) in [6.45, 7) is 2.22. The van der Waals surface area contributed by atoms with Crippen LogP contribution in [0.3, 0.4) is 0 Å². The van der Waals surface area contributed by atoms with Crippen molar-refractivity contribution < 1.29 is 4.79 Å². The van der Waals surface area contributed by atoms with Crippen molar-refractivity contribution in [1.82, 2.24) is 9.88 Å². The molecule has 3 N–H and O–H groups in total. The standard InChI is InChI=1S/C14H11N3S.C14H18N2O/c15-14(13-7-3-9-18-13)17-12-6-1-5-11-10(12)4-2-8-16-11;1-16-8-6-10(7-9-16)13-11-4-2-3-5-12(11)15-14(13)17/h1-9H,(H2,15,17);2-5,10,13H,6-9H2,1H3,(H,15,17). The van der Waals surface area contributed by atoms with Gasteiger partial charge in [0.25, 0.3) is 0 Å². The van der Waals surface area contributed by atoms with Gasteiger partial charge in [-0.15, -0.1) is 11.3 Å². The van der Waals surface area contributed by atoms with Crippen molar-refractivity contribution in [3.05, 3.63) is 88.7 Å². The Kier molecular flexibility index (Phi) is 6.88. The van der Waals surface area contributed by atoms with E-state index in [1.807, 2.05) is 66.0 Å². The SMILES string of the molecule is CN1CCC(C2C(=O)Nc3ccccc32)CC1.N=C(Nc1cccc2ncccc12)c1cccs1. The summed E-state index contributed by atoms with van der Waals surface area (Å²) >= 11 is 1.55. The van der Waals surface area contributed by atoms with Gasteiger partial charge in [0.05, 0.1) is 16.3 Å². The number of nitrogens with zero attached hydrogens (tertiary/aromatic N) is 2. The number of carbonyl (C=O) groups is 1. The fraction of sp³-hybridized carbons (Fsp3) is 0.250. The van der Waals surface area contributed by atoms with Gasteiger partial charge in [-0.25, -0.2) is 0 Å². The van der Waals surface area contributed by atoms with E-state index in [2.05, 4.69) is 33.6 Å². The average molecular weight is 484 g/mol. The number of fused-ring (bicyclic) bond motifs is 2. The Morgan fingerprint density at radius 1 is 1.06 bits per heavy atom. The number of amides is 1. The lowest BCUT2D eigenvalue weighted by molar-refractivity contribution is -0.118. The Labute approximate surface area is 209 Å². The van der Waals surface area contributed by atoms with E-state index in [1.54, 1.807) is 17.5 Å². The van der Waals surface area contributed by atoms with Gasteiger partial charge in [-0.2, -0.15) is 0 Å². The van der Waals surface area contributed by atoms with Gasteiger partial charge in [0.2, 0.25) is 5.91 Å². The van der Waals surface area contributed by atoms with Crippen LogP contribution in [0.1, 0.15) is 29.2 Å². The monoisotopic (exact) mass is 483 g/mol. The molecule has 1 atom stereocenters. The Balaban J connectivity index is 0.000000145. The van der Waals surface area contributed by atoms with Crippen LogP contribution in [0.15, 0.2) is 78.3 Å². The lowest BCUT2D eigenvalue weighted by Gasteiger charge is -2.31. The molecule has 1 unspecified atom stereocenters. The van der Waals surface area contributed by atoms with Gasteiger partial charge in [-0.1, -0.05) is 30.3 Å². The third-order valence-corrected chi connectivity index (χ3v) is 7.63. The van der Waals surface area contributed by atoms with Crippen LogP contribution in [-0.2, 0) is 4.79 Å². The second-order valence-electron chi connectivity index (χ2n) is 9.05. The van der Waals surface area contributed by atoms with Crippen molar-refractivity contribution >= 4 is 45.4 Å². The predicted octanol–water partition coefficient (Wildman–Crippen LogP) is 5.80. The highest BCUT2D eigenvalue weighted by Gasteiger charge is 2.37. The molecule has 0 bridgehead atoms. The number of rotatable bonds is 3. The molecule has 0 aliphatic carbocycles. The number of thiophene rings is 1. The number of anilines is 2. The minimum absolute atomic E-state index is 0.0832. The minimum Gasteiger partial charge on any atom is -0.339 e. The number of likely N-dealkylation sites (tertiary alicyclic amines) is 1. The molecule has 1 saturated heterocycles. The average Bonchev–Trinajstić information content (AvgIpc) is 3.53. The third kappa shape index (κ3) is 5.11. The Hall–Kier alpha value is -3.55. The number of piperidine rings is 1. The van der Waals surface area contributed by atoms with E-state index in [4.69, 9.17) is 5.41 Å². The van der Waals surface area contributed by atoms with Crippen LogP contribution in [0.25, 0.3) is 10.9 Å². The molecule has 2 aliphatic rings. The normalized spacial score (nSPS) is 17.9. The van der Waals surface area contributed by atoms with Crippen molar-refractivity contribution in [3.8, 4) is 0 Å². The highest BCUT2D eigenvalue weighted by Crippen LogP contribution is 2.40. The lowest BCUT2D eigenvalue weighted by atomic mass is 9.81. The third-order valence-electron chi connectivity index (χ3n) is 6.74. The topological polar surface area (TPSA) is 81.1 Å². The van der Waals surface area contributed by atoms with Crippen molar-refractivity contribution in [2.45, 2.75) is 18.8 Å². The number of aromatic nitrogens is 1. The van der Waals surface area contributed by atoms with Crippen molar-refractivity contribution in [3.63, 3.8) is 0 Å². The maximum absolute atomic E-state index is 12.1. The number of para-hydroxylation sites is 1. The first-order chi connectivity index (χ1) is 17.1. The minimum atomic E-state index is 0.0832. The fourth-order valence-electron chi connectivity index (χ4n) is 4.89. The van der Waals surface area contributed by atoms with Crippen molar-refractivity contribution in [2.24, 2.45) is 5.92 Å². The van der Waals surface area contributed by atoms with Crippen LogP contribution >= 0.6 is 11.3 Å². The Morgan fingerprint density at radius 3 is 2.69 bits per heavy atom. The number of carbonyl (C=O) groups excluding carboxylic acids is 1. The van der Waals surface area contributed by atoms with E-state index < -0.39 is 0 Å². The van der Waals surface area contributed by atoms with E-state index in [9.17, 15) is 4.79 Å². The molecule has 4 aromatic rings. The molecule has 2 aliphatic heterocycles. The molecule has 4 heterocycles. The molecular weight excluding hydrogens is 454 g/mol. The summed E-state index contributed by atoms with van der Waals surface area (Å²) in [7, 11) is 2.15. The van der Waals surface area contributed by atoms with E-state index in [0.29, 0.717) is 11.8 Å². The quantitative estimate of drug-likeness (QED) is 0.254. The smallest absolute Gasteiger partial charge is 0.232 e. The van der Waals surface area contributed by atoms with E-state index >= 15 is 0 Å². The van der Waals surface area contributed by atoms with Crippen LogP contribution in [-0.4, -0.2) is 41.8 Å². The largest absolute Gasteiger partial charge is 0.339 e. The number of benzene rings is 2. The first-order valence-corrected chi connectivity index (χ1v) is 12.8. The van der Waals surface area contributed by atoms with Gasteiger partial charge in [-0.3, -0.25) is 15.2 Å². The van der Waals surface area contributed by atoms with Crippen molar-refractivity contribution in [1.29, 1.82) is 5.41 Å². The summed E-state index contributed by atoms with van der Waals surface area (Å²) < 4.78 is 0. The van der Waals surface area contributed by atoms with Crippen LogP contribution in [0.4, 0.5) is 11.4 Å². The molecule has 2 aromatic carbocycles. The summed E-state index contributed by atoms with van der Waals surface area (Å²) in [4.78, 5) is 19.7. The molecule has 6 rings (SSSR count). The molecule has 2 aromatic heterocycles. The lowest BCUT2D eigenvalue weighted by Crippen LogP contribution is -2.34. The van der Waals surface area contributed by atoms with E-state index in [1.165, 1.54) is 5.56 Å². The van der Waals surface area contributed by atoms with Gasteiger partial charge in [0, 0.05) is 23.0 Å². The summed E-state index contributed by atoms with van der Waals surface area (Å²) in [6, 6.07) is 21.8. The number of pyridine rings is 1. The second kappa shape index (κ2) is 10.4. The summed E-state index contributed by atoms with van der Waals surface area (Å²) in [5.41, 5.74) is 4.06. The number of amidine groups is 1. The fourth-order valence-corrected chi connectivity index (χ4v) is 5.52. The molecule has 7 heteroatoms. The van der Waals surface area contributed by atoms with Crippen LogP contribution in [0, 0.1) is 11.3 Å². The maximum Gasteiger partial charge on any atom is 0.232 e. The van der Waals surface area contributed by atoms with Gasteiger partial charge < -0.3 is 15.5 Å². The van der Waals surface area contributed by atoms with Gasteiger partial charge in [0.1, 0.15) is 5.84 Å². The molecular formula is C28H29N5OS. The first-order valence-electron chi connectivity index (χ1n) is 11.9. The Bertz CT molecular complexity index is 1320. The maximum atomic E-state index is 12.1. The molecule has 0 spiro atoms. The molecule has 1 fully saturated rings. The molecule has 0 saturated carbocycles. The van der Waals surface area contributed by atoms with E-state index in [-0.39, 0.29) is 11.8 Å². The van der Waals surface area contributed by atoms with Crippen LogP contribution in [0.2, 0.25) is 0 Å². The second-order valence-corrected chi connectivity index (χ2v) is 10.00. The van der Waals surface area contributed by atoms with Crippen LogP contribution < -0.4 is 10.6 Å². The zero-order valence-electron chi connectivity index (χ0n) is 19.7. The van der Waals surface area contributed by atoms with Gasteiger partial charge >= 0.3 is 0 Å². The predicted molar refractivity (Wildman–Crippen MR) is 145 cm³/mol. The summed E-state index contributed by atoms with van der Waals surface area (Å²) in [5.74, 6) is 1.21. The number of hydrogen-bond donors (Lipinski definition) is 3. The van der Waals surface area contributed by atoms with E-state index in [0.717, 1.165) is 53.1 Å². The molecule has 6 nitrogen and oxygen atoms in total. The molecule has 0 radical (unpaired) electrons. The molecule has 178 valence electrons. The zero-order valence-corrected chi connectivity index (χ0v) is 20.5. The number of nitrogens with one attached hydrogen (secondary N) is 3. The highest BCUT2D eigenvalue weighted by molar-refractivity contribution is 7.12. The Morgan fingerprint density at radius 2 is 1.89 bits per heavy atom. The number of hydrogen-bond acceptors (Lipinski definition) is 5. The highest BCUT2D eigenvalue weighted by atomic mass is 32.1. The summed E-state index contributed by atoms with van der Waals surface area (Å²) in [6.07, 6.45) is 4.03. The van der Waals surface area contributed by atoms with Gasteiger partial charge in [-0.05, 0) is 86.2 Å². The zero-order chi connectivity index (χ0) is 24.2. The molecule has 1 amide bonds. The van der Waals surface area contributed by atoms with Crippen LogP contribution in [0.5, 0.6) is 0 Å². The van der Waals surface area contributed by atoms with Crippen molar-refractivity contribution in [2.75, 3.05) is 30.8 Å².